The highest BCUT2D eigenvalue weighted by Crippen LogP contribution is 2.13. The lowest BCUT2D eigenvalue weighted by molar-refractivity contribution is -0.167. The van der Waals surface area contributed by atoms with Gasteiger partial charge >= 0.3 is 17.9 Å². The second kappa shape index (κ2) is 68.0. The fraction of sp³-hybridized carbons (Fsp3) is 0.566. The minimum atomic E-state index is -0.823. The number of hydrogen-bond acceptors (Lipinski definition) is 6. The predicted octanol–water partition coefficient (Wildman–Crippen LogP) is 22.8. The highest BCUT2D eigenvalue weighted by molar-refractivity contribution is 5.71. The third-order valence-corrected chi connectivity index (χ3v) is 13.1. The molecule has 0 aliphatic carbocycles. The Morgan fingerprint density at radius 1 is 0.256 bits per heavy atom. The summed E-state index contributed by atoms with van der Waals surface area (Å²) in [6.07, 6.45) is 102. The van der Waals surface area contributed by atoms with Crippen LogP contribution in [0.5, 0.6) is 0 Å². The molecular weight excluding hydrogens is 1010 g/mol. The van der Waals surface area contributed by atoms with Crippen LogP contribution < -0.4 is 0 Å². The zero-order valence-corrected chi connectivity index (χ0v) is 52.4. The van der Waals surface area contributed by atoms with Crippen LogP contribution in [0, 0.1) is 0 Å². The smallest absolute Gasteiger partial charge is 0.306 e. The van der Waals surface area contributed by atoms with E-state index in [9.17, 15) is 14.4 Å². The van der Waals surface area contributed by atoms with Crippen molar-refractivity contribution in [2.75, 3.05) is 13.2 Å². The van der Waals surface area contributed by atoms with Crippen LogP contribution in [0.25, 0.3) is 0 Å². The molecule has 0 aliphatic rings. The van der Waals surface area contributed by atoms with E-state index >= 15 is 0 Å². The molecule has 0 spiro atoms. The molecule has 1 unspecified atom stereocenters. The van der Waals surface area contributed by atoms with E-state index < -0.39 is 6.10 Å². The first kappa shape index (κ1) is 76.5. The van der Waals surface area contributed by atoms with Crippen molar-refractivity contribution in [2.24, 2.45) is 0 Å². The van der Waals surface area contributed by atoms with E-state index in [1.54, 1.807) is 0 Å². The van der Waals surface area contributed by atoms with Crippen molar-refractivity contribution in [3.05, 3.63) is 182 Å². The summed E-state index contributed by atoms with van der Waals surface area (Å²) in [5.74, 6) is -1.00. The molecule has 0 bridgehead atoms. The molecule has 458 valence electrons. The van der Waals surface area contributed by atoms with E-state index in [0.29, 0.717) is 19.3 Å². The van der Waals surface area contributed by atoms with Crippen molar-refractivity contribution >= 4 is 17.9 Å². The molecule has 0 aromatic carbocycles. The molecule has 0 saturated heterocycles. The Morgan fingerprint density at radius 3 is 0.780 bits per heavy atom. The number of carbonyl (C=O) groups is 3. The highest BCUT2D eigenvalue weighted by atomic mass is 16.6. The molecule has 0 N–H and O–H groups in total. The molecule has 0 rings (SSSR count). The van der Waals surface area contributed by atoms with Crippen LogP contribution in [0.15, 0.2) is 182 Å². The molecule has 1 atom stereocenters. The molecule has 0 heterocycles. The van der Waals surface area contributed by atoms with Gasteiger partial charge < -0.3 is 14.2 Å². The summed E-state index contributed by atoms with van der Waals surface area (Å²) < 4.78 is 16.8. The molecule has 0 aromatic heterocycles. The fourth-order valence-corrected chi connectivity index (χ4v) is 8.28. The third kappa shape index (κ3) is 65.3. The Bertz CT molecular complexity index is 1920. The zero-order valence-electron chi connectivity index (χ0n) is 52.4. The van der Waals surface area contributed by atoms with Crippen molar-refractivity contribution in [1.82, 2.24) is 0 Å². The first-order chi connectivity index (χ1) is 40.5. The van der Waals surface area contributed by atoms with Crippen LogP contribution in [0.4, 0.5) is 0 Å². The standard InChI is InChI=1S/C76H118O6/c1-4-7-10-13-16-19-22-25-27-29-31-32-33-34-35-36-37-38-39-40-41-42-43-44-45-47-48-51-54-57-60-63-66-69-75(78)81-72-73(71-80-74(77)68-65-62-59-56-53-50-24-21-18-15-12-9-6-3)82-76(79)70-67-64-61-58-55-52-49-46-30-28-26-23-20-17-14-11-8-5-2/h7,9-10,12,16,18-21,23,25,27-28,30-32,34-35,37-38,40-41,43-44,47-48,50,53-54,57,73H,4-6,8,11,13-15,17,22,24,26,29,33,36,39,42,45-46,49,51-52,55-56,58-72H2,1-3H3/b10-7-,12-9-,19-16-,21-18-,23-20-,27-25-,30-28-,32-31-,35-34-,38-37-,41-40-,44-43-,48-47-,53-50-,57-54-. The molecule has 82 heavy (non-hydrogen) atoms. The van der Waals surface area contributed by atoms with Gasteiger partial charge in [0.05, 0.1) is 0 Å². The SMILES string of the molecule is CC/C=C\C/C=C\C/C=C\C/C=C\C/C=C\C/C=C\C/C=C\C/C=C\C/C=C\C/C=C\CCCCC(=O)OCC(COC(=O)CCCCC/C=C\C/C=C\C/C=C\CC)OC(=O)CCCCCCCCC/C=C\C/C=C\CCCCCC. The van der Waals surface area contributed by atoms with Crippen LogP contribution in [0.1, 0.15) is 258 Å². The van der Waals surface area contributed by atoms with Gasteiger partial charge in [-0.25, -0.2) is 0 Å². The lowest BCUT2D eigenvalue weighted by atomic mass is 10.1. The van der Waals surface area contributed by atoms with Crippen LogP contribution in [-0.4, -0.2) is 37.2 Å². The van der Waals surface area contributed by atoms with Crippen LogP contribution >= 0.6 is 0 Å². The predicted molar refractivity (Wildman–Crippen MR) is 357 cm³/mol. The summed E-state index contributed by atoms with van der Waals surface area (Å²) in [5, 5.41) is 0. The summed E-state index contributed by atoms with van der Waals surface area (Å²) in [6, 6.07) is 0. The quantitative estimate of drug-likeness (QED) is 0.0261. The summed E-state index contributed by atoms with van der Waals surface area (Å²) in [4.78, 5) is 38.3. The van der Waals surface area contributed by atoms with Crippen molar-refractivity contribution in [3.8, 4) is 0 Å². The Hall–Kier alpha value is -5.49. The lowest BCUT2D eigenvalue weighted by Crippen LogP contribution is -2.30. The number of rotatable bonds is 57. The molecule has 0 radical (unpaired) electrons. The topological polar surface area (TPSA) is 78.9 Å². The van der Waals surface area contributed by atoms with Gasteiger partial charge in [0.1, 0.15) is 13.2 Å². The van der Waals surface area contributed by atoms with Crippen molar-refractivity contribution in [1.29, 1.82) is 0 Å². The van der Waals surface area contributed by atoms with E-state index in [0.717, 1.165) is 154 Å². The first-order valence-electron chi connectivity index (χ1n) is 32.8. The van der Waals surface area contributed by atoms with Crippen LogP contribution in [0.3, 0.4) is 0 Å². The minimum Gasteiger partial charge on any atom is -0.462 e. The molecule has 0 fully saturated rings. The second-order valence-corrected chi connectivity index (χ2v) is 20.9. The second-order valence-electron chi connectivity index (χ2n) is 20.9. The Labute approximate surface area is 504 Å². The number of allylic oxidation sites excluding steroid dienone is 30. The molecular formula is C76H118O6. The largest absolute Gasteiger partial charge is 0.462 e. The molecule has 0 amide bonds. The van der Waals surface area contributed by atoms with Gasteiger partial charge in [-0.2, -0.15) is 0 Å². The van der Waals surface area contributed by atoms with Gasteiger partial charge in [-0.15, -0.1) is 0 Å². The molecule has 6 heteroatoms. The van der Waals surface area contributed by atoms with E-state index in [-0.39, 0.29) is 37.5 Å². The molecule has 0 aliphatic heterocycles. The lowest BCUT2D eigenvalue weighted by Gasteiger charge is -2.18. The summed E-state index contributed by atoms with van der Waals surface area (Å²) in [6.45, 7) is 6.32. The fourth-order valence-electron chi connectivity index (χ4n) is 8.28. The van der Waals surface area contributed by atoms with Crippen LogP contribution in [-0.2, 0) is 28.6 Å². The summed E-state index contributed by atoms with van der Waals surface area (Å²) in [7, 11) is 0. The minimum absolute atomic E-state index is 0.119. The number of unbranched alkanes of at least 4 members (excludes halogenated alkanes) is 16. The maximum absolute atomic E-state index is 12.9. The summed E-state index contributed by atoms with van der Waals surface area (Å²) >= 11 is 0. The highest BCUT2D eigenvalue weighted by Gasteiger charge is 2.19. The number of hydrogen-bond donors (Lipinski definition) is 0. The van der Waals surface area contributed by atoms with Gasteiger partial charge in [0.15, 0.2) is 6.10 Å². The Morgan fingerprint density at radius 2 is 0.476 bits per heavy atom. The molecule has 0 aromatic rings. The van der Waals surface area contributed by atoms with E-state index in [4.69, 9.17) is 14.2 Å². The maximum atomic E-state index is 12.9. The van der Waals surface area contributed by atoms with Gasteiger partial charge in [0, 0.05) is 19.3 Å². The Balaban J connectivity index is 4.44. The molecule has 0 saturated carbocycles. The van der Waals surface area contributed by atoms with E-state index in [1.165, 1.54) is 57.8 Å². The Kier molecular flexibility index (Phi) is 63.5. The first-order valence-corrected chi connectivity index (χ1v) is 32.8. The van der Waals surface area contributed by atoms with Gasteiger partial charge in [0.25, 0.3) is 0 Å². The number of carbonyl (C=O) groups excluding carboxylic acids is 3. The number of esters is 3. The van der Waals surface area contributed by atoms with Crippen molar-refractivity contribution in [3.63, 3.8) is 0 Å². The zero-order chi connectivity index (χ0) is 59.2. The van der Waals surface area contributed by atoms with Crippen LogP contribution in [0.2, 0.25) is 0 Å². The molecule has 6 nitrogen and oxygen atoms in total. The normalized spacial score (nSPS) is 13.4. The van der Waals surface area contributed by atoms with Gasteiger partial charge in [-0.1, -0.05) is 261 Å². The average molecular weight is 1130 g/mol. The average Bonchev–Trinajstić information content (AvgIpc) is 3.47. The van der Waals surface area contributed by atoms with E-state index in [2.05, 4.69) is 203 Å². The van der Waals surface area contributed by atoms with Gasteiger partial charge in [-0.3, -0.25) is 14.4 Å². The van der Waals surface area contributed by atoms with Gasteiger partial charge in [0.2, 0.25) is 0 Å². The van der Waals surface area contributed by atoms with E-state index in [1.807, 2.05) is 0 Å². The summed E-state index contributed by atoms with van der Waals surface area (Å²) in [5.41, 5.74) is 0. The monoisotopic (exact) mass is 1130 g/mol. The van der Waals surface area contributed by atoms with Gasteiger partial charge in [-0.05, 0) is 161 Å². The van der Waals surface area contributed by atoms with Crippen molar-refractivity contribution < 1.29 is 28.6 Å². The number of ether oxygens (including phenoxy) is 3. The van der Waals surface area contributed by atoms with Crippen molar-refractivity contribution in [2.45, 2.75) is 264 Å². The maximum Gasteiger partial charge on any atom is 0.306 e. The third-order valence-electron chi connectivity index (χ3n) is 13.1.